The van der Waals surface area contributed by atoms with Crippen molar-refractivity contribution in [2.45, 2.75) is 58.3 Å². The SMILES string of the molecule is CC[C@@H](C)c1nc(N2CCN(C(=O)c3ccccc3Br)CC2)c2c3c(sc2n1)CCCCC3. The zero-order chi connectivity index (χ0) is 22.9. The first-order valence-electron chi connectivity index (χ1n) is 12.2. The van der Waals surface area contributed by atoms with E-state index in [4.69, 9.17) is 9.97 Å². The lowest BCUT2D eigenvalue weighted by Crippen LogP contribution is -2.49. The second-order valence-electron chi connectivity index (χ2n) is 9.22. The Labute approximate surface area is 208 Å². The van der Waals surface area contributed by atoms with Gasteiger partial charge in [0.15, 0.2) is 0 Å². The Hall–Kier alpha value is -1.99. The van der Waals surface area contributed by atoms with E-state index >= 15 is 0 Å². The molecule has 0 radical (unpaired) electrons. The number of halogens is 1. The molecular weight excluding hydrogens is 496 g/mol. The average Bonchev–Trinajstić information content (AvgIpc) is 3.03. The number of carbonyl (C=O) groups is 1. The van der Waals surface area contributed by atoms with Crippen molar-refractivity contribution in [3.05, 3.63) is 50.6 Å². The largest absolute Gasteiger partial charge is 0.352 e. The number of carbonyl (C=O) groups excluding carboxylic acids is 1. The molecule has 0 spiro atoms. The van der Waals surface area contributed by atoms with E-state index in [1.165, 1.54) is 41.5 Å². The maximum Gasteiger partial charge on any atom is 0.255 e. The van der Waals surface area contributed by atoms with Gasteiger partial charge < -0.3 is 9.80 Å². The number of aryl methyl sites for hydroxylation is 2. The molecule has 0 saturated carbocycles. The minimum absolute atomic E-state index is 0.0969. The van der Waals surface area contributed by atoms with Crippen LogP contribution < -0.4 is 4.90 Å². The van der Waals surface area contributed by atoms with Gasteiger partial charge in [-0.3, -0.25) is 4.79 Å². The van der Waals surface area contributed by atoms with E-state index in [-0.39, 0.29) is 5.91 Å². The zero-order valence-corrected chi connectivity index (χ0v) is 21.8. The van der Waals surface area contributed by atoms with Gasteiger partial charge in [-0.1, -0.05) is 32.4 Å². The average molecular weight is 528 g/mol. The van der Waals surface area contributed by atoms with Gasteiger partial charge >= 0.3 is 0 Å². The number of piperazine rings is 1. The van der Waals surface area contributed by atoms with E-state index in [0.29, 0.717) is 19.0 Å². The quantitative estimate of drug-likeness (QED) is 0.379. The van der Waals surface area contributed by atoms with Crippen LogP contribution in [-0.2, 0) is 12.8 Å². The smallest absolute Gasteiger partial charge is 0.255 e. The molecule has 2 aliphatic rings. The Bertz CT molecular complexity index is 1170. The molecule has 5 nitrogen and oxygen atoms in total. The van der Waals surface area contributed by atoms with Crippen LogP contribution in [0.1, 0.15) is 72.1 Å². The number of benzene rings is 1. The number of amides is 1. The molecule has 1 amide bonds. The van der Waals surface area contributed by atoms with Crippen LogP contribution in [0.15, 0.2) is 28.7 Å². The Morgan fingerprint density at radius 3 is 2.61 bits per heavy atom. The van der Waals surface area contributed by atoms with E-state index in [9.17, 15) is 4.79 Å². The number of aromatic nitrogens is 2. The third-order valence-electron chi connectivity index (χ3n) is 7.09. The molecule has 0 bridgehead atoms. The summed E-state index contributed by atoms with van der Waals surface area (Å²) in [5, 5.41) is 1.29. The highest BCUT2D eigenvalue weighted by molar-refractivity contribution is 9.10. The molecule has 1 aromatic carbocycles. The molecule has 3 aromatic rings. The fraction of sp³-hybridized carbons (Fsp3) is 0.500. The number of nitrogens with zero attached hydrogens (tertiary/aromatic N) is 4. The summed E-state index contributed by atoms with van der Waals surface area (Å²) in [7, 11) is 0. The van der Waals surface area contributed by atoms with Crippen molar-refractivity contribution in [3.63, 3.8) is 0 Å². The minimum Gasteiger partial charge on any atom is -0.352 e. The minimum atomic E-state index is 0.0969. The van der Waals surface area contributed by atoms with Crippen molar-refractivity contribution in [2.75, 3.05) is 31.1 Å². The molecular formula is C26H31BrN4OS. The lowest BCUT2D eigenvalue weighted by Gasteiger charge is -2.36. The summed E-state index contributed by atoms with van der Waals surface area (Å²) in [4.78, 5) is 30.3. The highest BCUT2D eigenvalue weighted by Gasteiger charge is 2.28. The molecule has 174 valence electrons. The molecule has 1 saturated heterocycles. The van der Waals surface area contributed by atoms with Crippen molar-refractivity contribution >= 4 is 49.2 Å². The van der Waals surface area contributed by atoms with Crippen molar-refractivity contribution < 1.29 is 4.79 Å². The highest BCUT2D eigenvalue weighted by Crippen LogP contribution is 2.40. The Kier molecular flexibility index (Phi) is 6.70. The number of fused-ring (bicyclic) bond motifs is 3. The molecule has 1 fully saturated rings. The summed E-state index contributed by atoms with van der Waals surface area (Å²) in [5.41, 5.74) is 2.22. The molecule has 0 N–H and O–H groups in total. The summed E-state index contributed by atoms with van der Waals surface area (Å²) in [5.74, 6) is 2.50. The highest BCUT2D eigenvalue weighted by atomic mass is 79.9. The fourth-order valence-corrected chi connectivity index (χ4v) is 6.61. The van der Waals surface area contributed by atoms with Gasteiger partial charge in [0.1, 0.15) is 16.5 Å². The maximum absolute atomic E-state index is 13.1. The molecule has 33 heavy (non-hydrogen) atoms. The number of anilines is 1. The molecule has 7 heteroatoms. The number of rotatable bonds is 4. The second kappa shape index (κ2) is 9.71. The monoisotopic (exact) mass is 526 g/mol. The van der Waals surface area contributed by atoms with Crippen LogP contribution in [0.3, 0.4) is 0 Å². The number of hydrogen-bond donors (Lipinski definition) is 0. The molecule has 3 heterocycles. The molecule has 1 aliphatic carbocycles. The molecule has 0 unspecified atom stereocenters. The first-order valence-corrected chi connectivity index (χ1v) is 13.8. The normalized spacial score (nSPS) is 17.7. The summed E-state index contributed by atoms with van der Waals surface area (Å²) in [6, 6.07) is 7.69. The van der Waals surface area contributed by atoms with Gasteiger partial charge in [0, 0.05) is 41.4 Å². The van der Waals surface area contributed by atoms with Crippen molar-refractivity contribution in [2.24, 2.45) is 0 Å². The molecule has 1 atom stereocenters. The van der Waals surface area contributed by atoms with Crippen LogP contribution in [0.4, 0.5) is 5.82 Å². The summed E-state index contributed by atoms with van der Waals surface area (Å²) in [6.07, 6.45) is 7.16. The van der Waals surface area contributed by atoms with Crippen molar-refractivity contribution in [1.82, 2.24) is 14.9 Å². The maximum atomic E-state index is 13.1. The first-order chi connectivity index (χ1) is 16.1. The fourth-order valence-electron chi connectivity index (χ4n) is 4.89. The van der Waals surface area contributed by atoms with Gasteiger partial charge in [-0.05, 0) is 65.7 Å². The Morgan fingerprint density at radius 2 is 1.85 bits per heavy atom. The summed E-state index contributed by atoms with van der Waals surface area (Å²) < 4.78 is 0.856. The van der Waals surface area contributed by atoms with Gasteiger partial charge in [-0.25, -0.2) is 9.97 Å². The van der Waals surface area contributed by atoms with Crippen LogP contribution in [-0.4, -0.2) is 47.0 Å². The van der Waals surface area contributed by atoms with Crippen LogP contribution in [0.2, 0.25) is 0 Å². The number of hydrogen-bond acceptors (Lipinski definition) is 5. The summed E-state index contributed by atoms with van der Waals surface area (Å²) >= 11 is 5.42. The van der Waals surface area contributed by atoms with Gasteiger partial charge in [0.05, 0.1) is 10.9 Å². The lowest BCUT2D eigenvalue weighted by molar-refractivity contribution is 0.0745. The summed E-state index contributed by atoms with van der Waals surface area (Å²) in [6.45, 7) is 7.43. The van der Waals surface area contributed by atoms with Gasteiger partial charge in [-0.15, -0.1) is 11.3 Å². The number of thiophene rings is 1. The van der Waals surface area contributed by atoms with E-state index in [1.54, 1.807) is 0 Å². The lowest BCUT2D eigenvalue weighted by atomic mass is 10.1. The van der Waals surface area contributed by atoms with Crippen molar-refractivity contribution in [1.29, 1.82) is 0 Å². The van der Waals surface area contributed by atoms with E-state index in [1.807, 2.05) is 40.5 Å². The van der Waals surface area contributed by atoms with Crippen LogP contribution in [0, 0.1) is 0 Å². The van der Waals surface area contributed by atoms with Crippen LogP contribution >= 0.6 is 27.3 Å². The molecule has 2 aromatic heterocycles. The zero-order valence-electron chi connectivity index (χ0n) is 19.4. The van der Waals surface area contributed by atoms with Crippen molar-refractivity contribution in [3.8, 4) is 0 Å². The third-order valence-corrected chi connectivity index (χ3v) is 8.96. The topological polar surface area (TPSA) is 49.3 Å². The predicted octanol–water partition coefficient (Wildman–Crippen LogP) is 6.20. The Balaban J connectivity index is 1.46. The predicted molar refractivity (Wildman–Crippen MR) is 140 cm³/mol. The van der Waals surface area contributed by atoms with E-state index in [2.05, 4.69) is 34.7 Å². The first kappa shape index (κ1) is 22.8. The molecule has 5 rings (SSSR count). The van der Waals surface area contributed by atoms with Gasteiger partial charge in [0.25, 0.3) is 5.91 Å². The van der Waals surface area contributed by atoms with E-state index in [0.717, 1.165) is 52.4 Å². The van der Waals surface area contributed by atoms with Gasteiger partial charge in [0.2, 0.25) is 0 Å². The van der Waals surface area contributed by atoms with Crippen LogP contribution in [0.25, 0.3) is 10.2 Å². The standard InChI is InChI=1S/C26H31BrN4OS/c1-3-17(2)23-28-24(22-19-10-5-4-6-12-21(19)33-25(22)29-23)30-13-15-31(16-14-30)26(32)18-9-7-8-11-20(18)27/h7-9,11,17H,3-6,10,12-16H2,1-2H3/t17-/m1/s1. The third kappa shape index (κ3) is 4.42. The molecule has 1 aliphatic heterocycles. The van der Waals surface area contributed by atoms with Gasteiger partial charge in [-0.2, -0.15) is 0 Å². The Morgan fingerprint density at radius 1 is 1.09 bits per heavy atom. The van der Waals surface area contributed by atoms with E-state index < -0.39 is 0 Å². The van der Waals surface area contributed by atoms with Crippen LogP contribution in [0.5, 0.6) is 0 Å². The second-order valence-corrected chi connectivity index (χ2v) is 11.2.